The van der Waals surface area contributed by atoms with Crippen LogP contribution in [0.2, 0.25) is 15.1 Å². The summed E-state index contributed by atoms with van der Waals surface area (Å²) in [5.74, 6) is 0. The molecule has 2 aromatic rings. The number of hydrogen-bond donors (Lipinski definition) is 1. The summed E-state index contributed by atoms with van der Waals surface area (Å²) in [5, 5.41) is 4.25. The first-order valence-corrected chi connectivity index (χ1v) is 8.08. The number of nitrogens with one attached hydrogen (secondary N) is 1. The minimum Gasteiger partial charge on any atom is -0.352 e. The van der Waals surface area contributed by atoms with E-state index in [-0.39, 0.29) is 6.03 Å². The van der Waals surface area contributed by atoms with E-state index < -0.39 is 6.23 Å². The predicted octanol–water partition coefficient (Wildman–Crippen LogP) is 5.21. The first-order chi connectivity index (χ1) is 11.1. The van der Waals surface area contributed by atoms with E-state index >= 15 is 0 Å². The van der Waals surface area contributed by atoms with Crippen molar-refractivity contribution in [3.05, 3.63) is 63.1 Å². The molecule has 1 saturated heterocycles. The molecule has 23 heavy (non-hydrogen) atoms. The largest absolute Gasteiger partial charge is 0.352 e. The molecule has 0 aromatic heterocycles. The van der Waals surface area contributed by atoms with E-state index in [0.717, 1.165) is 0 Å². The summed E-state index contributed by atoms with van der Waals surface area (Å²) < 4.78 is 5.67. The van der Waals surface area contributed by atoms with Crippen LogP contribution in [0.1, 0.15) is 11.8 Å². The van der Waals surface area contributed by atoms with Crippen LogP contribution in [0.15, 0.2) is 42.5 Å². The summed E-state index contributed by atoms with van der Waals surface area (Å²) in [6, 6.07) is 11.9. The quantitative estimate of drug-likeness (QED) is 0.787. The third kappa shape index (κ3) is 3.56. The van der Waals surface area contributed by atoms with Gasteiger partial charge in [0.1, 0.15) is 0 Å². The predicted molar refractivity (Wildman–Crippen MR) is 92.3 cm³/mol. The number of hydrogen-bond acceptors (Lipinski definition) is 2. The fourth-order valence-electron chi connectivity index (χ4n) is 2.39. The molecular formula is C16H13Cl3N2O2. The van der Waals surface area contributed by atoms with Gasteiger partial charge in [-0.3, -0.25) is 4.90 Å². The van der Waals surface area contributed by atoms with Crippen molar-refractivity contribution in [1.82, 2.24) is 4.90 Å². The Balaban J connectivity index is 1.81. The summed E-state index contributed by atoms with van der Waals surface area (Å²) in [5.41, 5.74) is 1.25. The van der Waals surface area contributed by atoms with Crippen LogP contribution >= 0.6 is 34.8 Å². The van der Waals surface area contributed by atoms with Crippen LogP contribution in [0.5, 0.6) is 0 Å². The van der Waals surface area contributed by atoms with E-state index in [0.29, 0.717) is 39.5 Å². The molecule has 0 bridgehead atoms. The number of ether oxygens (including phenoxy) is 1. The third-order valence-corrected chi connectivity index (χ3v) is 4.39. The molecule has 7 heteroatoms. The molecule has 1 N–H and O–H groups in total. The molecule has 0 spiro atoms. The fraction of sp³-hybridized carbons (Fsp3) is 0.188. The monoisotopic (exact) mass is 370 g/mol. The summed E-state index contributed by atoms with van der Waals surface area (Å²) in [6.45, 7) is 0.888. The highest BCUT2D eigenvalue weighted by Crippen LogP contribution is 2.34. The number of anilines is 1. The number of amides is 2. The normalized spacial score (nSPS) is 17.3. The Bertz CT molecular complexity index is 739. The van der Waals surface area contributed by atoms with Gasteiger partial charge < -0.3 is 10.1 Å². The van der Waals surface area contributed by atoms with Crippen molar-refractivity contribution < 1.29 is 9.53 Å². The number of para-hydroxylation sites is 1. The third-order valence-electron chi connectivity index (χ3n) is 3.50. The standard InChI is InChI=1S/C16H13Cl3N2O2/c17-10-5-6-11(13(19)9-10)15-21(7-8-23-15)16(22)20-14-4-2-1-3-12(14)18/h1-6,9,15H,7-8H2,(H,20,22). The minimum atomic E-state index is -0.553. The zero-order valence-corrected chi connectivity index (χ0v) is 14.2. The molecule has 1 heterocycles. The maximum atomic E-state index is 12.5. The van der Waals surface area contributed by atoms with Gasteiger partial charge in [-0.25, -0.2) is 4.79 Å². The van der Waals surface area contributed by atoms with Gasteiger partial charge in [0.25, 0.3) is 0 Å². The zero-order chi connectivity index (χ0) is 16.4. The van der Waals surface area contributed by atoms with Crippen molar-refractivity contribution in [1.29, 1.82) is 0 Å². The van der Waals surface area contributed by atoms with E-state index in [4.69, 9.17) is 39.5 Å². The molecular weight excluding hydrogens is 359 g/mol. The fourth-order valence-corrected chi connectivity index (χ4v) is 3.07. The van der Waals surface area contributed by atoms with Gasteiger partial charge in [-0.2, -0.15) is 0 Å². The second kappa shape index (κ2) is 6.97. The topological polar surface area (TPSA) is 41.6 Å². The molecule has 1 unspecified atom stereocenters. The van der Waals surface area contributed by atoms with Crippen molar-refractivity contribution in [3.63, 3.8) is 0 Å². The van der Waals surface area contributed by atoms with E-state index in [2.05, 4.69) is 5.32 Å². The van der Waals surface area contributed by atoms with Crippen LogP contribution in [-0.2, 0) is 4.74 Å². The van der Waals surface area contributed by atoms with Gasteiger partial charge in [-0.1, -0.05) is 53.0 Å². The Morgan fingerprint density at radius 2 is 1.91 bits per heavy atom. The van der Waals surface area contributed by atoms with Crippen LogP contribution in [0.4, 0.5) is 10.5 Å². The van der Waals surface area contributed by atoms with E-state index in [1.807, 2.05) is 0 Å². The molecule has 0 saturated carbocycles. The lowest BCUT2D eigenvalue weighted by Gasteiger charge is -2.24. The zero-order valence-electron chi connectivity index (χ0n) is 11.9. The molecule has 2 aromatic carbocycles. The molecule has 1 aliphatic rings. The Hall–Kier alpha value is -1.46. The first-order valence-electron chi connectivity index (χ1n) is 6.95. The maximum absolute atomic E-state index is 12.5. The van der Waals surface area contributed by atoms with Crippen LogP contribution < -0.4 is 5.32 Å². The smallest absolute Gasteiger partial charge is 0.324 e. The number of halogens is 3. The van der Waals surface area contributed by atoms with E-state index in [9.17, 15) is 4.79 Å². The maximum Gasteiger partial charge on any atom is 0.324 e. The molecule has 1 atom stereocenters. The van der Waals surface area contributed by atoms with Crippen LogP contribution in [0.25, 0.3) is 0 Å². The number of nitrogens with zero attached hydrogens (tertiary/aromatic N) is 1. The summed E-state index contributed by atoms with van der Waals surface area (Å²) in [6.07, 6.45) is -0.553. The SMILES string of the molecule is O=C(Nc1ccccc1Cl)N1CCOC1c1ccc(Cl)cc1Cl. The number of benzene rings is 2. The van der Waals surface area contributed by atoms with Crippen molar-refractivity contribution in [2.24, 2.45) is 0 Å². The van der Waals surface area contributed by atoms with Gasteiger partial charge in [-0.15, -0.1) is 0 Å². The molecule has 120 valence electrons. The number of carbonyl (C=O) groups excluding carboxylic acids is 1. The van der Waals surface area contributed by atoms with Crippen molar-refractivity contribution in [2.45, 2.75) is 6.23 Å². The summed E-state index contributed by atoms with van der Waals surface area (Å²) >= 11 is 18.2. The number of rotatable bonds is 2. The molecule has 3 rings (SSSR count). The van der Waals surface area contributed by atoms with Gasteiger partial charge in [0.2, 0.25) is 0 Å². The molecule has 1 aliphatic heterocycles. The van der Waals surface area contributed by atoms with Crippen molar-refractivity contribution >= 4 is 46.5 Å². The van der Waals surface area contributed by atoms with E-state index in [1.165, 1.54) is 0 Å². The van der Waals surface area contributed by atoms with Crippen LogP contribution in [0, 0.1) is 0 Å². The second-order valence-corrected chi connectivity index (χ2v) is 6.24. The lowest BCUT2D eigenvalue weighted by Crippen LogP contribution is -2.35. The highest BCUT2D eigenvalue weighted by atomic mass is 35.5. The Labute approximate surface area is 148 Å². The molecule has 1 fully saturated rings. The molecule has 0 radical (unpaired) electrons. The second-order valence-electron chi connectivity index (χ2n) is 4.99. The van der Waals surface area contributed by atoms with Gasteiger partial charge >= 0.3 is 6.03 Å². The summed E-state index contributed by atoms with van der Waals surface area (Å²) in [4.78, 5) is 14.1. The molecule has 0 aliphatic carbocycles. The van der Waals surface area contributed by atoms with Gasteiger partial charge in [0.15, 0.2) is 6.23 Å². The van der Waals surface area contributed by atoms with Gasteiger partial charge in [-0.05, 0) is 24.3 Å². The highest BCUT2D eigenvalue weighted by molar-refractivity contribution is 6.35. The minimum absolute atomic E-state index is 0.299. The first kappa shape index (κ1) is 16.4. The average Bonchev–Trinajstić information content (AvgIpc) is 2.99. The van der Waals surface area contributed by atoms with Gasteiger partial charge in [0, 0.05) is 22.2 Å². The average molecular weight is 372 g/mol. The summed E-state index contributed by atoms with van der Waals surface area (Å²) in [7, 11) is 0. The Morgan fingerprint density at radius 1 is 1.13 bits per heavy atom. The lowest BCUT2D eigenvalue weighted by molar-refractivity contribution is 0.0523. The van der Waals surface area contributed by atoms with E-state index in [1.54, 1.807) is 47.4 Å². The van der Waals surface area contributed by atoms with Gasteiger partial charge in [0.05, 0.1) is 17.3 Å². The Morgan fingerprint density at radius 3 is 2.65 bits per heavy atom. The number of urea groups is 1. The van der Waals surface area contributed by atoms with Crippen molar-refractivity contribution in [3.8, 4) is 0 Å². The lowest BCUT2D eigenvalue weighted by atomic mass is 10.2. The highest BCUT2D eigenvalue weighted by Gasteiger charge is 2.32. The number of carbonyl (C=O) groups is 1. The van der Waals surface area contributed by atoms with Crippen molar-refractivity contribution in [2.75, 3.05) is 18.5 Å². The van der Waals surface area contributed by atoms with Crippen LogP contribution in [0.3, 0.4) is 0 Å². The molecule has 2 amide bonds. The van der Waals surface area contributed by atoms with Crippen LogP contribution in [-0.4, -0.2) is 24.1 Å². The Kier molecular flexibility index (Phi) is 4.97. The molecule has 4 nitrogen and oxygen atoms in total.